The van der Waals surface area contributed by atoms with E-state index in [1.54, 1.807) is 29.2 Å². The van der Waals surface area contributed by atoms with Crippen LogP contribution in [0.25, 0.3) is 0 Å². The predicted octanol–water partition coefficient (Wildman–Crippen LogP) is 0.203. The van der Waals surface area contributed by atoms with E-state index in [1.807, 2.05) is 7.05 Å². The van der Waals surface area contributed by atoms with Crippen molar-refractivity contribution in [3.05, 3.63) is 29.8 Å². The lowest BCUT2D eigenvalue weighted by Crippen LogP contribution is -2.47. The molecular formula is C23H30F3N7O8. The lowest BCUT2D eigenvalue weighted by molar-refractivity contribution is -0.192. The minimum absolute atomic E-state index is 0.0269. The van der Waals surface area contributed by atoms with Crippen molar-refractivity contribution < 1.29 is 52.2 Å². The molecule has 1 aromatic carbocycles. The number of benzene rings is 1. The lowest BCUT2D eigenvalue weighted by Gasteiger charge is -2.30. The Morgan fingerprint density at radius 3 is 2.20 bits per heavy atom. The van der Waals surface area contributed by atoms with Gasteiger partial charge in [-0.15, -0.1) is 0 Å². The molecule has 4 amide bonds. The van der Waals surface area contributed by atoms with Gasteiger partial charge in [0.1, 0.15) is 6.04 Å². The molecule has 6 N–H and O–H groups in total. The second-order valence-electron chi connectivity index (χ2n) is 8.85. The highest BCUT2D eigenvalue weighted by Gasteiger charge is 2.38. The van der Waals surface area contributed by atoms with Crippen molar-refractivity contribution in [1.82, 2.24) is 20.4 Å². The number of anilines is 1. The largest absolute Gasteiger partial charge is 0.490 e. The number of hydrogen-bond donors (Lipinski definition) is 5. The van der Waals surface area contributed by atoms with Gasteiger partial charge in [-0.3, -0.25) is 14.4 Å². The number of carbonyl (C=O) groups excluding carboxylic acids is 3. The number of nitrogens with two attached hydrogens (primary N) is 1. The molecule has 0 bridgehead atoms. The number of hydrogen-bond acceptors (Lipinski definition) is 8. The molecule has 41 heavy (non-hydrogen) atoms. The smallest absolute Gasteiger partial charge is 0.481 e. The standard InChI is InChI=1S/C21H29N7O6.C2HF3O2/c1-26-10-12-27(13-11-26)21(33)34-25-18(22)14-2-4-15(5-3-14)28-9-7-16(19(28)31)24-20(32)23-8-6-17(29)30;3-2(4,5)1(6)7/h2-5,16H,6-13H2,1H3,(H2,22,25)(H,29,30)(H2,23,24,32);(H,6,7)/t16-;/m0./s1. The first kappa shape index (κ1) is 32.6. The molecule has 0 aromatic heterocycles. The van der Waals surface area contributed by atoms with Crippen LogP contribution in [-0.4, -0.2) is 114 Å². The van der Waals surface area contributed by atoms with E-state index in [4.69, 9.17) is 25.6 Å². The van der Waals surface area contributed by atoms with Crippen molar-refractivity contribution in [3.63, 3.8) is 0 Å². The molecule has 18 heteroatoms. The number of likely N-dealkylation sites (N-methyl/N-ethyl adjacent to an activating group) is 1. The fourth-order valence-corrected chi connectivity index (χ4v) is 3.56. The van der Waals surface area contributed by atoms with Gasteiger partial charge in [0.25, 0.3) is 0 Å². The summed E-state index contributed by atoms with van der Waals surface area (Å²) in [6, 6.07) is 5.40. The van der Waals surface area contributed by atoms with Gasteiger partial charge in [-0.1, -0.05) is 5.16 Å². The Hall–Kier alpha value is -4.61. The van der Waals surface area contributed by atoms with Gasteiger partial charge in [-0.05, 0) is 37.7 Å². The molecule has 0 unspecified atom stereocenters. The van der Waals surface area contributed by atoms with Crippen molar-refractivity contribution in [2.75, 3.05) is 51.2 Å². The molecule has 2 aliphatic rings. The van der Waals surface area contributed by atoms with Gasteiger partial charge >= 0.3 is 30.2 Å². The fourth-order valence-electron chi connectivity index (χ4n) is 3.56. The number of nitrogens with one attached hydrogen (secondary N) is 2. The average Bonchev–Trinajstić information content (AvgIpc) is 3.26. The Bertz CT molecular complexity index is 1140. The van der Waals surface area contributed by atoms with Crippen LogP contribution in [0, 0.1) is 0 Å². The predicted molar refractivity (Wildman–Crippen MR) is 136 cm³/mol. The van der Waals surface area contributed by atoms with Crippen molar-refractivity contribution in [2.45, 2.75) is 25.1 Å². The normalized spacial score (nSPS) is 17.8. The third-order valence-electron chi connectivity index (χ3n) is 5.84. The van der Waals surface area contributed by atoms with E-state index in [0.717, 1.165) is 13.1 Å². The molecule has 2 fully saturated rings. The van der Waals surface area contributed by atoms with E-state index < -0.39 is 36.3 Å². The summed E-state index contributed by atoms with van der Waals surface area (Å²) >= 11 is 0. The number of rotatable bonds is 7. The van der Waals surface area contributed by atoms with Crippen LogP contribution in [0.15, 0.2) is 29.4 Å². The molecule has 226 valence electrons. The van der Waals surface area contributed by atoms with E-state index in [-0.39, 0.29) is 24.7 Å². The second kappa shape index (κ2) is 14.7. The molecular weight excluding hydrogens is 559 g/mol. The Kier molecular flexibility index (Phi) is 11.7. The van der Waals surface area contributed by atoms with E-state index in [9.17, 15) is 32.3 Å². The molecule has 0 saturated carbocycles. The Balaban J connectivity index is 0.000000745. The van der Waals surface area contributed by atoms with Gasteiger partial charge in [-0.2, -0.15) is 13.2 Å². The summed E-state index contributed by atoms with van der Waals surface area (Å²) < 4.78 is 31.7. The van der Waals surface area contributed by atoms with Gasteiger partial charge in [0.2, 0.25) is 5.91 Å². The lowest BCUT2D eigenvalue weighted by atomic mass is 10.2. The zero-order valence-electron chi connectivity index (χ0n) is 21.9. The fraction of sp³-hybridized carbons (Fsp3) is 0.478. The first-order valence-electron chi connectivity index (χ1n) is 12.1. The first-order valence-corrected chi connectivity index (χ1v) is 12.1. The molecule has 1 atom stereocenters. The number of carboxylic acid groups (broad SMARTS) is 2. The number of amidine groups is 1. The quantitative estimate of drug-likeness (QED) is 0.126. The minimum atomic E-state index is -5.08. The van der Waals surface area contributed by atoms with Crippen LogP contribution in [0.4, 0.5) is 28.4 Å². The number of oxime groups is 1. The van der Waals surface area contributed by atoms with Crippen LogP contribution in [0.1, 0.15) is 18.4 Å². The number of urea groups is 1. The Labute approximate surface area is 231 Å². The Morgan fingerprint density at radius 1 is 1.07 bits per heavy atom. The van der Waals surface area contributed by atoms with Gasteiger partial charge in [0, 0.05) is 50.5 Å². The molecule has 0 aliphatic carbocycles. The van der Waals surface area contributed by atoms with Crippen molar-refractivity contribution in [1.29, 1.82) is 0 Å². The van der Waals surface area contributed by atoms with Crippen molar-refractivity contribution in [2.24, 2.45) is 10.9 Å². The average molecular weight is 590 g/mol. The molecule has 3 rings (SSSR count). The van der Waals surface area contributed by atoms with Crippen molar-refractivity contribution >= 4 is 41.5 Å². The Morgan fingerprint density at radius 2 is 1.66 bits per heavy atom. The second-order valence-corrected chi connectivity index (χ2v) is 8.85. The van der Waals surface area contributed by atoms with Crippen LogP contribution in [-0.2, 0) is 19.2 Å². The zero-order valence-corrected chi connectivity index (χ0v) is 21.9. The highest BCUT2D eigenvalue weighted by atomic mass is 19.4. The number of piperazine rings is 1. The van der Waals surface area contributed by atoms with Crippen LogP contribution in [0.5, 0.6) is 0 Å². The minimum Gasteiger partial charge on any atom is -0.481 e. The monoisotopic (exact) mass is 589 g/mol. The van der Waals surface area contributed by atoms with E-state index >= 15 is 0 Å². The number of halogens is 3. The number of alkyl halides is 3. The highest BCUT2D eigenvalue weighted by Crippen LogP contribution is 2.22. The molecule has 2 saturated heterocycles. The van der Waals surface area contributed by atoms with Crippen LogP contribution in [0.3, 0.4) is 0 Å². The number of amides is 4. The van der Waals surface area contributed by atoms with E-state index in [1.165, 1.54) is 4.90 Å². The highest BCUT2D eigenvalue weighted by molar-refractivity contribution is 6.02. The number of carbonyl (C=O) groups is 5. The molecule has 0 spiro atoms. The summed E-state index contributed by atoms with van der Waals surface area (Å²) in [5.41, 5.74) is 7.07. The number of nitrogens with zero attached hydrogens (tertiary/aromatic N) is 4. The maximum Gasteiger partial charge on any atom is 0.490 e. The van der Waals surface area contributed by atoms with Crippen LogP contribution < -0.4 is 21.3 Å². The summed E-state index contributed by atoms with van der Waals surface area (Å²) in [6.45, 7) is 3.02. The third-order valence-corrected chi connectivity index (χ3v) is 5.84. The summed E-state index contributed by atoms with van der Waals surface area (Å²) in [7, 11) is 1.98. The van der Waals surface area contributed by atoms with Crippen LogP contribution in [0.2, 0.25) is 0 Å². The van der Waals surface area contributed by atoms with Gasteiger partial charge < -0.3 is 41.3 Å². The molecule has 15 nitrogen and oxygen atoms in total. The summed E-state index contributed by atoms with van der Waals surface area (Å²) in [4.78, 5) is 66.2. The summed E-state index contributed by atoms with van der Waals surface area (Å²) in [5.74, 6) is -4.03. The zero-order chi connectivity index (χ0) is 30.7. The number of aliphatic carboxylic acids is 2. The third kappa shape index (κ3) is 10.5. The summed E-state index contributed by atoms with van der Waals surface area (Å²) in [5, 5.41) is 24.4. The molecule has 0 radical (unpaired) electrons. The van der Waals surface area contributed by atoms with Crippen LogP contribution >= 0.6 is 0 Å². The van der Waals surface area contributed by atoms with Gasteiger partial charge in [0.05, 0.1) is 6.42 Å². The van der Waals surface area contributed by atoms with Gasteiger partial charge in [0.15, 0.2) is 5.84 Å². The topological polar surface area (TPSA) is 207 Å². The maximum atomic E-state index is 12.7. The summed E-state index contributed by atoms with van der Waals surface area (Å²) in [6.07, 6.45) is -5.43. The number of carboxylic acids is 2. The first-order chi connectivity index (χ1) is 19.2. The van der Waals surface area contributed by atoms with E-state index in [2.05, 4.69) is 20.7 Å². The molecule has 1 aromatic rings. The molecule has 2 aliphatic heterocycles. The SMILES string of the molecule is CN1CCN(C(=O)O/N=C(\N)c2ccc(N3CC[C@H](NC(=O)NCCC(=O)O)C3=O)cc2)CC1.O=C(O)C(F)(F)F. The van der Waals surface area contributed by atoms with E-state index in [0.29, 0.717) is 37.3 Å². The van der Waals surface area contributed by atoms with Crippen molar-refractivity contribution in [3.8, 4) is 0 Å². The molecule has 2 heterocycles. The van der Waals surface area contributed by atoms with Gasteiger partial charge in [-0.25, -0.2) is 14.4 Å². The maximum absolute atomic E-state index is 12.7.